The summed E-state index contributed by atoms with van der Waals surface area (Å²) in [5.41, 5.74) is 5.91. The number of halogens is 1. The van der Waals surface area contributed by atoms with Gasteiger partial charge in [0.25, 0.3) is 5.91 Å². The van der Waals surface area contributed by atoms with E-state index in [9.17, 15) is 4.79 Å². The van der Waals surface area contributed by atoms with Crippen LogP contribution < -0.4 is 10.2 Å². The van der Waals surface area contributed by atoms with E-state index in [-0.39, 0.29) is 11.7 Å². The fraction of sp³-hybridized carbons (Fsp3) is 0.125. The van der Waals surface area contributed by atoms with E-state index in [0.717, 1.165) is 27.0 Å². The molecule has 0 radical (unpaired) electrons. The van der Waals surface area contributed by atoms with Crippen molar-refractivity contribution < 1.29 is 9.53 Å². The van der Waals surface area contributed by atoms with E-state index in [4.69, 9.17) is 4.74 Å². The van der Waals surface area contributed by atoms with Crippen LogP contribution in [0.15, 0.2) is 87.8 Å². The Kier molecular flexibility index (Phi) is 7.71. The first-order valence-corrected chi connectivity index (χ1v) is 12.0. The van der Waals surface area contributed by atoms with E-state index < -0.39 is 0 Å². The second-order valence-electron chi connectivity index (χ2n) is 7.11. The van der Waals surface area contributed by atoms with Crippen molar-refractivity contribution in [3.05, 3.63) is 83.1 Å². The molecule has 0 bridgehead atoms. The first-order chi connectivity index (χ1) is 16.5. The van der Waals surface area contributed by atoms with Gasteiger partial charge in [-0.25, -0.2) is 5.43 Å². The van der Waals surface area contributed by atoms with Gasteiger partial charge in [0.05, 0.1) is 18.6 Å². The summed E-state index contributed by atoms with van der Waals surface area (Å²) in [6.45, 7) is 1.83. The summed E-state index contributed by atoms with van der Waals surface area (Å²) < 4.78 is 8.13. The Labute approximate surface area is 209 Å². The van der Waals surface area contributed by atoms with Gasteiger partial charge in [-0.1, -0.05) is 39.8 Å². The molecule has 2 aromatic carbocycles. The minimum absolute atomic E-state index is 0.125. The summed E-state index contributed by atoms with van der Waals surface area (Å²) >= 11 is 4.75. The lowest BCUT2D eigenvalue weighted by Crippen LogP contribution is -2.21. The van der Waals surface area contributed by atoms with Crippen LogP contribution in [0.2, 0.25) is 0 Å². The standard InChI is InChI=1S/C24H21BrN6O2S/c1-16(18-4-3-5-21(14-18)33-2)27-28-22(32)15-34-24-30-29-23(17-10-12-26-13-11-17)31(24)20-8-6-19(25)7-9-20/h3-14H,15H2,1-2H3,(H,28,32)/b27-16-. The van der Waals surface area contributed by atoms with Gasteiger partial charge >= 0.3 is 0 Å². The first-order valence-electron chi connectivity index (χ1n) is 10.3. The van der Waals surface area contributed by atoms with Gasteiger partial charge in [0.2, 0.25) is 0 Å². The summed E-state index contributed by atoms with van der Waals surface area (Å²) in [5.74, 6) is 1.27. The van der Waals surface area contributed by atoms with Gasteiger partial charge in [-0.3, -0.25) is 14.3 Å². The Balaban J connectivity index is 1.51. The van der Waals surface area contributed by atoms with Crippen LogP contribution in [0.3, 0.4) is 0 Å². The number of aromatic nitrogens is 4. The largest absolute Gasteiger partial charge is 0.497 e. The maximum absolute atomic E-state index is 12.5. The molecule has 1 amide bonds. The molecule has 0 aliphatic heterocycles. The minimum atomic E-state index is -0.247. The number of hydrogen-bond donors (Lipinski definition) is 1. The zero-order valence-corrected chi connectivity index (χ0v) is 20.9. The van der Waals surface area contributed by atoms with Crippen molar-refractivity contribution >= 4 is 39.3 Å². The fourth-order valence-corrected chi connectivity index (χ4v) is 4.10. The molecule has 4 rings (SSSR count). The number of benzene rings is 2. The topological polar surface area (TPSA) is 94.3 Å². The van der Waals surface area contributed by atoms with Crippen LogP contribution in [0.5, 0.6) is 5.75 Å². The number of hydrazone groups is 1. The lowest BCUT2D eigenvalue weighted by Gasteiger charge is -2.10. The van der Waals surface area contributed by atoms with Crippen LogP contribution in [-0.4, -0.2) is 44.2 Å². The van der Waals surface area contributed by atoms with E-state index in [2.05, 4.69) is 41.6 Å². The third kappa shape index (κ3) is 5.70. The summed E-state index contributed by atoms with van der Waals surface area (Å²) in [6, 6.07) is 19.1. The highest BCUT2D eigenvalue weighted by Crippen LogP contribution is 2.28. The number of ether oxygens (including phenoxy) is 1. The van der Waals surface area contributed by atoms with Gasteiger partial charge in [0.15, 0.2) is 11.0 Å². The second kappa shape index (κ2) is 11.1. The SMILES string of the molecule is COc1cccc(/C(C)=N\NC(=O)CSc2nnc(-c3ccncc3)n2-c2ccc(Br)cc2)c1. The zero-order chi connectivity index (χ0) is 23.9. The van der Waals surface area contributed by atoms with Crippen molar-refractivity contribution in [2.75, 3.05) is 12.9 Å². The van der Waals surface area contributed by atoms with E-state index in [1.165, 1.54) is 11.8 Å². The molecule has 4 aromatic rings. The number of rotatable bonds is 8. The molecule has 0 spiro atoms. The van der Waals surface area contributed by atoms with Crippen LogP contribution in [0.4, 0.5) is 0 Å². The van der Waals surface area contributed by atoms with Gasteiger partial charge in [0, 0.05) is 33.7 Å². The number of amides is 1. The molecule has 2 aromatic heterocycles. The maximum atomic E-state index is 12.5. The Morgan fingerprint density at radius 3 is 2.62 bits per heavy atom. The van der Waals surface area contributed by atoms with Crippen LogP contribution in [0.1, 0.15) is 12.5 Å². The van der Waals surface area contributed by atoms with Crippen molar-refractivity contribution in [3.63, 3.8) is 0 Å². The second-order valence-corrected chi connectivity index (χ2v) is 8.96. The molecular formula is C24H21BrN6O2S. The van der Waals surface area contributed by atoms with E-state index >= 15 is 0 Å². The molecule has 1 N–H and O–H groups in total. The molecule has 0 aliphatic carbocycles. The zero-order valence-electron chi connectivity index (χ0n) is 18.5. The molecule has 172 valence electrons. The predicted octanol–water partition coefficient (Wildman–Crippen LogP) is 4.73. The first kappa shape index (κ1) is 23.7. The average molecular weight is 537 g/mol. The van der Waals surface area contributed by atoms with Crippen LogP contribution >= 0.6 is 27.7 Å². The Morgan fingerprint density at radius 1 is 1.12 bits per heavy atom. The number of thioether (sulfide) groups is 1. The number of nitrogens with zero attached hydrogens (tertiary/aromatic N) is 5. The minimum Gasteiger partial charge on any atom is -0.497 e. The Morgan fingerprint density at radius 2 is 1.88 bits per heavy atom. The molecule has 0 fully saturated rings. The highest BCUT2D eigenvalue weighted by molar-refractivity contribution is 9.10. The average Bonchev–Trinajstić information content (AvgIpc) is 3.31. The summed E-state index contributed by atoms with van der Waals surface area (Å²) in [5, 5.41) is 13.5. The van der Waals surface area contributed by atoms with Gasteiger partial charge < -0.3 is 4.74 Å². The smallest absolute Gasteiger partial charge is 0.250 e. The molecule has 10 heteroatoms. The van der Waals surface area contributed by atoms with E-state index in [1.807, 2.05) is 72.2 Å². The van der Waals surface area contributed by atoms with Gasteiger partial charge in [-0.15, -0.1) is 10.2 Å². The number of carbonyl (C=O) groups excluding carboxylic acids is 1. The van der Waals surface area contributed by atoms with E-state index in [1.54, 1.807) is 19.5 Å². The third-order valence-corrected chi connectivity index (χ3v) is 6.28. The van der Waals surface area contributed by atoms with Crippen LogP contribution in [-0.2, 0) is 4.79 Å². The predicted molar refractivity (Wildman–Crippen MR) is 136 cm³/mol. The molecule has 0 unspecified atom stereocenters. The number of nitrogens with one attached hydrogen (secondary N) is 1. The molecule has 0 saturated carbocycles. The van der Waals surface area contributed by atoms with Gasteiger partial charge in [0.1, 0.15) is 5.75 Å². The number of hydrogen-bond acceptors (Lipinski definition) is 7. The monoisotopic (exact) mass is 536 g/mol. The number of methoxy groups -OCH3 is 1. The van der Waals surface area contributed by atoms with Crippen molar-refractivity contribution in [1.29, 1.82) is 0 Å². The normalized spacial score (nSPS) is 11.3. The van der Waals surface area contributed by atoms with Crippen LogP contribution in [0, 0.1) is 0 Å². The molecule has 34 heavy (non-hydrogen) atoms. The van der Waals surface area contributed by atoms with Crippen molar-refractivity contribution in [1.82, 2.24) is 25.2 Å². The molecule has 8 nitrogen and oxygen atoms in total. The lowest BCUT2D eigenvalue weighted by molar-refractivity contribution is -0.118. The lowest BCUT2D eigenvalue weighted by atomic mass is 10.1. The summed E-state index contributed by atoms with van der Waals surface area (Å²) in [7, 11) is 1.61. The summed E-state index contributed by atoms with van der Waals surface area (Å²) in [4.78, 5) is 16.6. The van der Waals surface area contributed by atoms with Gasteiger partial charge in [-0.2, -0.15) is 5.10 Å². The maximum Gasteiger partial charge on any atom is 0.250 e. The Bertz CT molecular complexity index is 1310. The quantitative estimate of drug-likeness (QED) is 0.198. The highest BCUT2D eigenvalue weighted by Gasteiger charge is 2.17. The van der Waals surface area contributed by atoms with Gasteiger partial charge in [-0.05, 0) is 55.5 Å². The fourth-order valence-electron chi connectivity index (χ4n) is 3.10. The molecule has 2 heterocycles. The van der Waals surface area contributed by atoms with Crippen molar-refractivity contribution in [3.8, 4) is 22.8 Å². The number of pyridine rings is 1. The molecular weight excluding hydrogens is 516 g/mol. The van der Waals surface area contributed by atoms with E-state index in [0.29, 0.717) is 16.7 Å². The molecule has 0 aliphatic rings. The number of carbonyl (C=O) groups is 1. The highest BCUT2D eigenvalue weighted by atomic mass is 79.9. The summed E-state index contributed by atoms with van der Waals surface area (Å²) in [6.07, 6.45) is 3.41. The van der Waals surface area contributed by atoms with Crippen molar-refractivity contribution in [2.45, 2.75) is 12.1 Å². The molecule has 0 atom stereocenters. The third-order valence-electron chi connectivity index (χ3n) is 4.82. The van der Waals surface area contributed by atoms with Crippen molar-refractivity contribution in [2.24, 2.45) is 5.10 Å². The van der Waals surface area contributed by atoms with Crippen LogP contribution in [0.25, 0.3) is 17.1 Å². The molecule has 0 saturated heterocycles. The Hall–Kier alpha value is -3.50.